The van der Waals surface area contributed by atoms with E-state index in [1.54, 1.807) is 11.9 Å². The lowest BCUT2D eigenvalue weighted by molar-refractivity contribution is 0.100. The van der Waals surface area contributed by atoms with Crippen LogP contribution in [0.2, 0.25) is 5.02 Å². The molecule has 0 atom stereocenters. The fourth-order valence-electron chi connectivity index (χ4n) is 1.61. The van der Waals surface area contributed by atoms with Gasteiger partial charge in [-0.25, -0.2) is 8.42 Å². The molecule has 0 aliphatic heterocycles. The average Bonchev–Trinajstić information content (AvgIpc) is 2.23. The summed E-state index contributed by atoms with van der Waals surface area (Å²) in [5.74, 6) is -0.724. The number of primary amides is 1. The van der Waals surface area contributed by atoms with Crippen LogP contribution in [0, 0.1) is 0 Å². The average molecular weight is 306 g/mol. The summed E-state index contributed by atoms with van der Waals surface area (Å²) in [5.41, 5.74) is 11.7. The zero-order valence-electron chi connectivity index (χ0n) is 10.7. The molecule has 1 aromatic carbocycles. The van der Waals surface area contributed by atoms with E-state index in [4.69, 9.17) is 23.1 Å². The van der Waals surface area contributed by atoms with E-state index in [1.165, 1.54) is 12.1 Å². The zero-order chi connectivity index (χ0) is 14.8. The van der Waals surface area contributed by atoms with Gasteiger partial charge in [0.15, 0.2) is 0 Å². The van der Waals surface area contributed by atoms with E-state index in [0.29, 0.717) is 11.4 Å². The van der Waals surface area contributed by atoms with Crippen LogP contribution in [0.25, 0.3) is 0 Å². The maximum atomic E-state index is 11.4. The monoisotopic (exact) mass is 305 g/mol. The third-order valence-electron chi connectivity index (χ3n) is 2.53. The van der Waals surface area contributed by atoms with Gasteiger partial charge in [-0.3, -0.25) is 4.79 Å². The van der Waals surface area contributed by atoms with E-state index >= 15 is 0 Å². The first-order valence-electron chi connectivity index (χ1n) is 5.39. The standard InChI is InChI=1S/C11H16ClN3O3S/c1-15(3-4-19(2,17)18)10-8(11(14)16)5-7(13)6-9(10)12/h5-6H,3-4,13H2,1-2H3,(H2,14,16). The number of sulfone groups is 1. The first-order chi connectivity index (χ1) is 8.61. The fourth-order valence-corrected chi connectivity index (χ4v) is 2.59. The van der Waals surface area contributed by atoms with Crippen LogP contribution in [0.5, 0.6) is 0 Å². The summed E-state index contributed by atoms with van der Waals surface area (Å²) >= 11 is 6.04. The molecular formula is C11H16ClN3O3S. The van der Waals surface area contributed by atoms with Crippen molar-refractivity contribution in [2.75, 3.05) is 36.2 Å². The Morgan fingerprint density at radius 1 is 1.42 bits per heavy atom. The van der Waals surface area contributed by atoms with Gasteiger partial charge in [0.1, 0.15) is 9.84 Å². The number of halogens is 1. The molecule has 1 aromatic rings. The van der Waals surface area contributed by atoms with Crippen molar-refractivity contribution in [3.8, 4) is 0 Å². The number of carbonyl (C=O) groups excluding carboxylic acids is 1. The van der Waals surface area contributed by atoms with Gasteiger partial charge < -0.3 is 16.4 Å². The molecule has 0 radical (unpaired) electrons. The molecule has 0 unspecified atom stereocenters. The van der Waals surface area contributed by atoms with Gasteiger partial charge in [-0.05, 0) is 12.1 Å². The van der Waals surface area contributed by atoms with Crippen molar-refractivity contribution in [3.05, 3.63) is 22.7 Å². The number of amides is 1. The number of nitrogens with two attached hydrogens (primary N) is 2. The van der Waals surface area contributed by atoms with E-state index in [1.807, 2.05) is 0 Å². The van der Waals surface area contributed by atoms with Crippen LogP contribution in [0.3, 0.4) is 0 Å². The second-order valence-electron chi connectivity index (χ2n) is 4.31. The summed E-state index contributed by atoms with van der Waals surface area (Å²) in [6, 6.07) is 2.90. The summed E-state index contributed by atoms with van der Waals surface area (Å²) < 4.78 is 22.3. The van der Waals surface area contributed by atoms with E-state index in [2.05, 4.69) is 0 Å². The molecule has 0 saturated carbocycles. The lowest BCUT2D eigenvalue weighted by Crippen LogP contribution is -2.28. The van der Waals surface area contributed by atoms with Gasteiger partial charge in [0.25, 0.3) is 5.91 Å². The molecule has 0 aliphatic carbocycles. The maximum absolute atomic E-state index is 11.4. The highest BCUT2D eigenvalue weighted by atomic mass is 35.5. The number of hydrogen-bond acceptors (Lipinski definition) is 5. The summed E-state index contributed by atoms with van der Waals surface area (Å²) in [7, 11) is -1.47. The second kappa shape index (κ2) is 5.66. The molecule has 0 fully saturated rings. The number of rotatable bonds is 5. The third-order valence-corrected chi connectivity index (χ3v) is 3.74. The highest BCUT2D eigenvalue weighted by Gasteiger charge is 2.17. The van der Waals surface area contributed by atoms with E-state index in [-0.39, 0.29) is 22.9 Å². The summed E-state index contributed by atoms with van der Waals surface area (Å²) in [4.78, 5) is 13.0. The van der Waals surface area contributed by atoms with Crippen molar-refractivity contribution in [2.24, 2.45) is 5.73 Å². The Morgan fingerprint density at radius 3 is 2.47 bits per heavy atom. The van der Waals surface area contributed by atoms with Gasteiger partial charge in [0, 0.05) is 25.5 Å². The molecular weight excluding hydrogens is 290 g/mol. The number of carbonyl (C=O) groups is 1. The zero-order valence-corrected chi connectivity index (χ0v) is 12.3. The SMILES string of the molecule is CN(CCS(C)(=O)=O)c1c(Cl)cc(N)cc1C(N)=O. The van der Waals surface area contributed by atoms with Gasteiger partial charge in [-0.2, -0.15) is 0 Å². The normalized spacial score (nSPS) is 11.3. The summed E-state index contributed by atoms with van der Waals surface area (Å²) in [6.07, 6.45) is 1.14. The largest absolute Gasteiger partial charge is 0.399 e. The third kappa shape index (κ3) is 4.29. The molecule has 8 heteroatoms. The van der Waals surface area contributed by atoms with Gasteiger partial charge in [-0.15, -0.1) is 0 Å². The smallest absolute Gasteiger partial charge is 0.250 e. The highest BCUT2D eigenvalue weighted by Crippen LogP contribution is 2.31. The maximum Gasteiger partial charge on any atom is 0.250 e. The molecule has 0 bridgehead atoms. The Balaban J connectivity index is 3.15. The number of anilines is 2. The van der Waals surface area contributed by atoms with Crippen LogP contribution in [0.4, 0.5) is 11.4 Å². The molecule has 0 spiro atoms. The molecule has 4 N–H and O–H groups in total. The minimum atomic E-state index is -3.11. The van der Waals surface area contributed by atoms with Gasteiger partial charge in [-0.1, -0.05) is 11.6 Å². The predicted octanol–water partition coefficient (Wildman–Crippen LogP) is 0.502. The first-order valence-corrected chi connectivity index (χ1v) is 7.83. The molecule has 1 rings (SSSR count). The van der Waals surface area contributed by atoms with Crippen LogP contribution in [0.1, 0.15) is 10.4 Å². The Morgan fingerprint density at radius 2 is 2.00 bits per heavy atom. The van der Waals surface area contributed by atoms with Gasteiger partial charge in [0.05, 0.1) is 22.0 Å². The second-order valence-corrected chi connectivity index (χ2v) is 6.98. The predicted molar refractivity (Wildman–Crippen MR) is 77.4 cm³/mol. The summed E-state index contributed by atoms with van der Waals surface area (Å²) in [5, 5.41) is 0.254. The van der Waals surface area contributed by atoms with Crippen LogP contribution in [-0.2, 0) is 9.84 Å². The van der Waals surface area contributed by atoms with Crippen molar-refractivity contribution < 1.29 is 13.2 Å². The van der Waals surface area contributed by atoms with Crippen molar-refractivity contribution in [1.82, 2.24) is 0 Å². The van der Waals surface area contributed by atoms with Gasteiger partial charge >= 0.3 is 0 Å². The van der Waals surface area contributed by atoms with Crippen LogP contribution >= 0.6 is 11.6 Å². The molecule has 0 saturated heterocycles. The minimum Gasteiger partial charge on any atom is -0.399 e. The summed E-state index contributed by atoms with van der Waals surface area (Å²) in [6.45, 7) is 0.197. The molecule has 19 heavy (non-hydrogen) atoms. The Hall–Kier alpha value is -1.47. The first kappa shape index (κ1) is 15.6. The van der Waals surface area contributed by atoms with Crippen molar-refractivity contribution in [2.45, 2.75) is 0 Å². The Kier molecular flexibility index (Phi) is 4.65. The highest BCUT2D eigenvalue weighted by molar-refractivity contribution is 7.90. The number of nitrogens with zero attached hydrogens (tertiary/aromatic N) is 1. The lowest BCUT2D eigenvalue weighted by Gasteiger charge is -2.22. The number of benzene rings is 1. The molecule has 106 valence electrons. The van der Waals surface area contributed by atoms with E-state index < -0.39 is 15.7 Å². The van der Waals surface area contributed by atoms with E-state index in [9.17, 15) is 13.2 Å². The van der Waals surface area contributed by atoms with Crippen LogP contribution in [-0.4, -0.2) is 39.9 Å². The van der Waals surface area contributed by atoms with E-state index in [0.717, 1.165) is 6.26 Å². The Labute approximate surface area is 117 Å². The molecule has 0 aliphatic rings. The van der Waals surface area contributed by atoms with Crippen molar-refractivity contribution >= 4 is 38.7 Å². The van der Waals surface area contributed by atoms with Crippen LogP contribution in [0.15, 0.2) is 12.1 Å². The van der Waals surface area contributed by atoms with Crippen molar-refractivity contribution in [3.63, 3.8) is 0 Å². The van der Waals surface area contributed by atoms with Crippen molar-refractivity contribution in [1.29, 1.82) is 0 Å². The van der Waals surface area contributed by atoms with Gasteiger partial charge in [0.2, 0.25) is 0 Å². The lowest BCUT2D eigenvalue weighted by atomic mass is 10.1. The Bertz CT molecular complexity index is 601. The quantitative estimate of drug-likeness (QED) is 0.771. The molecule has 6 nitrogen and oxygen atoms in total. The fraction of sp³-hybridized carbons (Fsp3) is 0.364. The number of hydrogen-bond donors (Lipinski definition) is 2. The number of nitrogen functional groups attached to an aromatic ring is 1. The van der Waals surface area contributed by atoms with Crippen LogP contribution < -0.4 is 16.4 Å². The molecule has 0 heterocycles. The molecule has 1 amide bonds. The molecule has 0 aromatic heterocycles. The topological polar surface area (TPSA) is 106 Å². The minimum absolute atomic E-state index is 0.0532.